The van der Waals surface area contributed by atoms with E-state index in [2.05, 4.69) is 20.8 Å². The molecule has 0 bridgehead atoms. The third-order valence-electron chi connectivity index (χ3n) is 4.12. The first-order valence-corrected chi connectivity index (χ1v) is 8.64. The molecule has 2 aromatic rings. The van der Waals surface area contributed by atoms with Gasteiger partial charge >= 0.3 is 0 Å². The van der Waals surface area contributed by atoms with Gasteiger partial charge in [0.15, 0.2) is 0 Å². The molecular formula is C17H21ClN4O2. The van der Waals surface area contributed by atoms with Crippen molar-refractivity contribution in [1.82, 2.24) is 20.8 Å². The number of hydrogen-bond acceptors (Lipinski definition) is 5. The molecule has 3 rings (SSSR count). The van der Waals surface area contributed by atoms with Crippen molar-refractivity contribution in [3.8, 4) is 11.4 Å². The molecule has 2 N–H and O–H groups in total. The number of rotatable bonds is 6. The van der Waals surface area contributed by atoms with Crippen LogP contribution in [0.2, 0.25) is 5.02 Å². The lowest BCUT2D eigenvalue weighted by atomic mass is 10.00. The average molecular weight is 349 g/mol. The zero-order valence-electron chi connectivity index (χ0n) is 13.4. The molecule has 0 radical (unpaired) electrons. The summed E-state index contributed by atoms with van der Waals surface area (Å²) in [6.07, 6.45) is 3.13. The summed E-state index contributed by atoms with van der Waals surface area (Å²) in [5, 5.41) is 10.9. The highest BCUT2D eigenvalue weighted by atomic mass is 35.5. The number of aromatic nitrogens is 2. The van der Waals surface area contributed by atoms with E-state index in [4.69, 9.17) is 16.1 Å². The van der Waals surface area contributed by atoms with Crippen LogP contribution in [0.4, 0.5) is 0 Å². The molecule has 1 atom stereocenters. The predicted molar refractivity (Wildman–Crippen MR) is 91.7 cm³/mol. The highest BCUT2D eigenvalue weighted by molar-refractivity contribution is 6.30. The minimum atomic E-state index is 0.0202. The molecule has 1 amide bonds. The number of halogens is 1. The fourth-order valence-corrected chi connectivity index (χ4v) is 2.86. The highest BCUT2D eigenvalue weighted by Gasteiger charge is 2.15. The molecule has 0 aliphatic carbocycles. The topological polar surface area (TPSA) is 80.0 Å². The Kier molecular flexibility index (Phi) is 5.82. The summed E-state index contributed by atoms with van der Waals surface area (Å²) in [6, 6.07) is 7.23. The summed E-state index contributed by atoms with van der Waals surface area (Å²) in [6.45, 7) is 2.79. The zero-order valence-corrected chi connectivity index (χ0v) is 14.2. The third-order valence-corrected chi connectivity index (χ3v) is 4.38. The maximum atomic E-state index is 11.9. The quantitative estimate of drug-likeness (QED) is 0.838. The van der Waals surface area contributed by atoms with Crippen molar-refractivity contribution in [3.05, 3.63) is 35.2 Å². The lowest BCUT2D eigenvalue weighted by Crippen LogP contribution is -2.38. The number of hydrogen-bond donors (Lipinski definition) is 2. The molecule has 1 aromatic heterocycles. The van der Waals surface area contributed by atoms with Gasteiger partial charge in [0.2, 0.25) is 17.6 Å². The third kappa shape index (κ3) is 4.79. The minimum absolute atomic E-state index is 0.0202. The molecule has 1 aliphatic heterocycles. The van der Waals surface area contributed by atoms with Crippen LogP contribution in [0.15, 0.2) is 28.8 Å². The number of nitrogens with one attached hydrogen (secondary N) is 2. The first-order chi connectivity index (χ1) is 11.7. The van der Waals surface area contributed by atoms with Gasteiger partial charge in [0.05, 0.1) is 0 Å². The molecule has 0 saturated carbocycles. The molecule has 1 aromatic carbocycles. The standard InChI is InChI=1S/C17H21ClN4O2/c18-14-5-3-13(4-6-14)17-21-16(24-22-17)8-7-15(23)20-11-12-2-1-9-19-10-12/h3-6,12,19H,1-2,7-11H2,(H,20,23). The monoisotopic (exact) mass is 348 g/mol. The highest BCUT2D eigenvalue weighted by Crippen LogP contribution is 2.19. The predicted octanol–water partition coefficient (Wildman–Crippen LogP) is 2.44. The molecule has 128 valence electrons. The van der Waals surface area contributed by atoms with E-state index < -0.39 is 0 Å². The normalized spacial score (nSPS) is 17.6. The Morgan fingerprint density at radius 1 is 1.38 bits per heavy atom. The van der Waals surface area contributed by atoms with Gasteiger partial charge in [-0.1, -0.05) is 16.8 Å². The molecule has 24 heavy (non-hydrogen) atoms. The molecule has 1 fully saturated rings. The fraction of sp³-hybridized carbons (Fsp3) is 0.471. The average Bonchev–Trinajstić information content (AvgIpc) is 3.09. The van der Waals surface area contributed by atoms with Gasteiger partial charge in [-0.15, -0.1) is 0 Å². The molecule has 2 heterocycles. The lowest BCUT2D eigenvalue weighted by Gasteiger charge is -2.22. The second-order valence-electron chi connectivity index (χ2n) is 6.04. The number of aryl methyl sites for hydroxylation is 1. The summed E-state index contributed by atoms with van der Waals surface area (Å²) in [7, 11) is 0. The van der Waals surface area contributed by atoms with E-state index in [9.17, 15) is 4.79 Å². The smallest absolute Gasteiger partial charge is 0.227 e. The van der Waals surface area contributed by atoms with Crippen molar-refractivity contribution < 1.29 is 9.32 Å². The van der Waals surface area contributed by atoms with Gasteiger partial charge in [0.25, 0.3) is 0 Å². The number of piperidine rings is 1. The number of carbonyl (C=O) groups excluding carboxylic acids is 1. The molecular weight excluding hydrogens is 328 g/mol. The number of carbonyl (C=O) groups is 1. The van der Waals surface area contributed by atoms with Crippen molar-refractivity contribution in [2.45, 2.75) is 25.7 Å². The van der Waals surface area contributed by atoms with Gasteiger partial charge in [-0.3, -0.25) is 4.79 Å². The summed E-state index contributed by atoms with van der Waals surface area (Å²) < 4.78 is 5.21. The van der Waals surface area contributed by atoms with E-state index in [1.807, 2.05) is 12.1 Å². The van der Waals surface area contributed by atoms with E-state index in [0.29, 0.717) is 35.5 Å². The Hall–Kier alpha value is -1.92. The van der Waals surface area contributed by atoms with Gasteiger partial charge in [-0.05, 0) is 56.1 Å². The summed E-state index contributed by atoms with van der Waals surface area (Å²) >= 11 is 5.86. The largest absolute Gasteiger partial charge is 0.356 e. The van der Waals surface area contributed by atoms with E-state index >= 15 is 0 Å². The molecule has 1 saturated heterocycles. The zero-order chi connectivity index (χ0) is 16.8. The molecule has 7 heteroatoms. The van der Waals surface area contributed by atoms with E-state index in [1.165, 1.54) is 12.8 Å². The number of nitrogens with zero attached hydrogens (tertiary/aromatic N) is 2. The Morgan fingerprint density at radius 3 is 2.96 bits per heavy atom. The SMILES string of the molecule is O=C(CCc1nc(-c2ccc(Cl)cc2)no1)NCC1CCCNC1. The second-order valence-corrected chi connectivity index (χ2v) is 6.47. The molecule has 0 spiro atoms. The van der Waals surface area contributed by atoms with Crippen LogP contribution in [0.5, 0.6) is 0 Å². The van der Waals surface area contributed by atoms with Crippen LogP contribution >= 0.6 is 11.6 Å². The van der Waals surface area contributed by atoms with E-state index in [0.717, 1.165) is 25.2 Å². The molecule has 1 aliphatic rings. The van der Waals surface area contributed by atoms with Crippen LogP contribution in [-0.2, 0) is 11.2 Å². The summed E-state index contributed by atoms with van der Waals surface area (Å²) in [5.41, 5.74) is 0.837. The first-order valence-electron chi connectivity index (χ1n) is 8.26. The Labute approximate surface area is 146 Å². The van der Waals surface area contributed by atoms with Crippen molar-refractivity contribution >= 4 is 17.5 Å². The van der Waals surface area contributed by atoms with Crippen molar-refractivity contribution in [3.63, 3.8) is 0 Å². The number of amides is 1. The van der Waals surface area contributed by atoms with E-state index in [-0.39, 0.29) is 5.91 Å². The van der Waals surface area contributed by atoms with Crippen LogP contribution in [0.25, 0.3) is 11.4 Å². The summed E-state index contributed by atoms with van der Waals surface area (Å²) in [4.78, 5) is 16.3. The van der Waals surface area contributed by atoms with Crippen LogP contribution < -0.4 is 10.6 Å². The van der Waals surface area contributed by atoms with Crippen LogP contribution in [0.1, 0.15) is 25.2 Å². The van der Waals surface area contributed by atoms with Gasteiger partial charge in [0, 0.05) is 30.0 Å². The second kappa shape index (κ2) is 8.26. The van der Waals surface area contributed by atoms with Gasteiger partial charge < -0.3 is 15.2 Å². The minimum Gasteiger partial charge on any atom is -0.356 e. The fourth-order valence-electron chi connectivity index (χ4n) is 2.74. The van der Waals surface area contributed by atoms with Gasteiger partial charge in [-0.25, -0.2) is 0 Å². The van der Waals surface area contributed by atoms with Crippen molar-refractivity contribution in [2.24, 2.45) is 5.92 Å². The Balaban J connectivity index is 1.44. The first kappa shape index (κ1) is 16.9. The summed E-state index contributed by atoms with van der Waals surface area (Å²) in [5.74, 6) is 1.53. The van der Waals surface area contributed by atoms with Crippen LogP contribution in [-0.4, -0.2) is 35.7 Å². The van der Waals surface area contributed by atoms with Crippen molar-refractivity contribution in [1.29, 1.82) is 0 Å². The van der Waals surface area contributed by atoms with Gasteiger partial charge in [-0.2, -0.15) is 4.98 Å². The maximum Gasteiger partial charge on any atom is 0.227 e. The molecule has 6 nitrogen and oxygen atoms in total. The van der Waals surface area contributed by atoms with Crippen LogP contribution in [0.3, 0.4) is 0 Å². The molecule has 1 unspecified atom stereocenters. The number of benzene rings is 1. The van der Waals surface area contributed by atoms with E-state index in [1.54, 1.807) is 12.1 Å². The Morgan fingerprint density at radius 2 is 2.21 bits per heavy atom. The van der Waals surface area contributed by atoms with Gasteiger partial charge in [0.1, 0.15) is 0 Å². The van der Waals surface area contributed by atoms with Crippen LogP contribution in [0, 0.1) is 5.92 Å². The lowest BCUT2D eigenvalue weighted by molar-refractivity contribution is -0.121. The Bertz CT molecular complexity index is 665. The maximum absolute atomic E-state index is 11.9. The van der Waals surface area contributed by atoms with Crippen molar-refractivity contribution in [2.75, 3.05) is 19.6 Å².